The van der Waals surface area contributed by atoms with Gasteiger partial charge in [0.1, 0.15) is 11.6 Å². The highest BCUT2D eigenvalue weighted by Gasteiger charge is 2.43. The number of nitrogens with one attached hydrogen (secondary N) is 2. The molecule has 164 valence electrons. The van der Waals surface area contributed by atoms with Crippen LogP contribution in [0.1, 0.15) is 16.8 Å². The Morgan fingerprint density at radius 3 is 2.61 bits per heavy atom. The number of amides is 2. The minimum atomic E-state index is -3.77. The topological polar surface area (TPSA) is 85.9 Å². The third-order valence-corrected chi connectivity index (χ3v) is 4.27. The predicted molar refractivity (Wildman–Crippen MR) is 104 cm³/mol. The number of rotatable bonds is 8. The summed E-state index contributed by atoms with van der Waals surface area (Å²) in [7, 11) is 0. The summed E-state index contributed by atoms with van der Waals surface area (Å²) < 4.78 is 53.1. The number of hydrogen-bond acceptors (Lipinski definition) is 5. The van der Waals surface area contributed by atoms with Crippen LogP contribution in [0.3, 0.4) is 0 Å². The van der Waals surface area contributed by atoms with Gasteiger partial charge in [0, 0.05) is 30.3 Å². The highest BCUT2D eigenvalue weighted by Crippen LogP contribution is 2.41. The van der Waals surface area contributed by atoms with Crippen molar-refractivity contribution in [3.05, 3.63) is 65.1 Å². The lowest BCUT2D eigenvalue weighted by molar-refractivity contribution is -0.286. The molecule has 0 fully saturated rings. The van der Waals surface area contributed by atoms with Crippen LogP contribution in [0, 0.1) is 5.82 Å². The van der Waals surface area contributed by atoms with E-state index >= 15 is 0 Å². The number of halogens is 4. The van der Waals surface area contributed by atoms with Crippen LogP contribution in [0.25, 0.3) is 0 Å². The van der Waals surface area contributed by atoms with Gasteiger partial charge in [-0.1, -0.05) is 18.2 Å². The van der Waals surface area contributed by atoms with E-state index < -0.39 is 23.9 Å². The van der Waals surface area contributed by atoms with E-state index in [1.165, 1.54) is 24.3 Å². The van der Waals surface area contributed by atoms with Crippen LogP contribution in [0.4, 0.5) is 13.2 Å². The van der Waals surface area contributed by atoms with Gasteiger partial charge in [0.2, 0.25) is 0 Å². The quantitative estimate of drug-likeness (QED) is 0.633. The fraction of sp³-hybridized carbons (Fsp3) is 0.200. The highest BCUT2D eigenvalue weighted by atomic mass is 35.5. The number of ether oxygens (including phenoxy) is 3. The Morgan fingerprint density at radius 2 is 1.87 bits per heavy atom. The van der Waals surface area contributed by atoms with Crippen LogP contribution in [-0.2, 0) is 4.79 Å². The molecule has 2 aromatic carbocycles. The maximum atomic E-state index is 13.3. The third kappa shape index (κ3) is 6.05. The summed E-state index contributed by atoms with van der Waals surface area (Å²) in [4.78, 5) is 24.0. The second kappa shape index (κ2) is 9.17. The molecule has 0 saturated heterocycles. The second-order valence-corrected chi connectivity index (χ2v) is 6.76. The summed E-state index contributed by atoms with van der Waals surface area (Å²) in [6.45, 7) is 3.48. The molecule has 1 aliphatic rings. The van der Waals surface area contributed by atoms with E-state index in [0.717, 1.165) is 12.1 Å². The summed E-state index contributed by atoms with van der Waals surface area (Å²) in [5.74, 6) is -2.00. The van der Waals surface area contributed by atoms with Crippen LogP contribution in [-0.4, -0.2) is 31.3 Å². The number of carbonyl (C=O) groups is 2. The average molecular weight is 457 g/mol. The molecule has 0 saturated carbocycles. The fourth-order valence-corrected chi connectivity index (χ4v) is 2.62. The van der Waals surface area contributed by atoms with Crippen molar-refractivity contribution in [1.82, 2.24) is 10.6 Å². The summed E-state index contributed by atoms with van der Waals surface area (Å²) >= 11 is 5.56. The molecular weight excluding hydrogens is 441 g/mol. The lowest BCUT2D eigenvalue weighted by Gasteiger charge is -2.10. The molecule has 0 aliphatic carbocycles. The summed E-state index contributed by atoms with van der Waals surface area (Å²) in [5.41, 5.74) is 0.350. The number of benzene rings is 2. The molecule has 11 heteroatoms. The van der Waals surface area contributed by atoms with Gasteiger partial charge in [0.25, 0.3) is 11.8 Å². The van der Waals surface area contributed by atoms with Gasteiger partial charge in [-0.2, -0.15) is 0 Å². The van der Waals surface area contributed by atoms with Crippen molar-refractivity contribution < 1.29 is 37.0 Å². The summed E-state index contributed by atoms with van der Waals surface area (Å²) in [6, 6.07) is 7.41. The molecule has 0 bridgehead atoms. The smallest absolute Gasteiger partial charge is 0.484 e. The van der Waals surface area contributed by atoms with E-state index in [2.05, 4.69) is 26.7 Å². The summed E-state index contributed by atoms with van der Waals surface area (Å²) in [5, 5.41) is 4.99. The predicted octanol–water partition coefficient (Wildman–Crippen LogP) is 3.63. The van der Waals surface area contributed by atoms with Gasteiger partial charge < -0.3 is 24.8 Å². The first-order chi connectivity index (χ1) is 14.6. The van der Waals surface area contributed by atoms with Crippen molar-refractivity contribution in [1.29, 1.82) is 0 Å². The standard InChI is InChI=1S/C20H16ClF3N2O5/c1-11(6-7-25-18(27)10-29-13-3-4-14(21)15(22)9-13)26-19(28)12-2-5-16-17(8-12)31-20(23,24)30-16/h2-5,8-9H,1,6-7,10H2,(H,25,27)(H,26,28). The first kappa shape index (κ1) is 22.3. The van der Waals surface area contributed by atoms with Crippen LogP contribution in [0.15, 0.2) is 48.7 Å². The third-order valence-electron chi connectivity index (χ3n) is 3.96. The normalized spacial score (nSPS) is 13.4. The number of hydrogen-bond donors (Lipinski definition) is 2. The lowest BCUT2D eigenvalue weighted by atomic mass is 10.2. The SMILES string of the molecule is C=C(CCNC(=O)COc1ccc(Cl)c(F)c1)NC(=O)c1ccc2c(c1)OC(F)(F)O2. The van der Waals surface area contributed by atoms with Gasteiger partial charge in [0.15, 0.2) is 18.1 Å². The average Bonchev–Trinajstić information content (AvgIpc) is 3.01. The Morgan fingerprint density at radius 1 is 1.13 bits per heavy atom. The lowest BCUT2D eigenvalue weighted by Crippen LogP contribution is -2.31. The zero-order valence-electron chi connectivity index (χ0n) is 15.8. The van der Waals surface area contributed by atoms with Gasteiger partial charge in [-0.05, 0) is 30.3 Å². The van der Waals surface area contributed by atoms with E-state index in [9.17, 15) is 22.8 Å². The van der Waals surface area contributed by atoms with Crippen molar-refractivity contribution >= 4 is 23.4 Å². The second-order valence-electron chi connectivity index (χ2n) is 6.35. The molecule has 0 aromatic heterocycles. The van der Waals surface area contributed by atoms with Gasteiger partial charge >= 0.3 is 6.29 Å². The Labute approximate surface area is 179 Å². The van der Waals surface area contributed by atoms with Crippen molar-refractivity contribution in [2.24, 2.45) is 0 Å². The van der Waals surface area contributed by atoms with Gasteiger partial charge in [0.05, 0.1) is 5.02 Å². The molecular formula is C20H16ClF3N2O5. The molecule has 0 radical (unpaired) electrons. The Balaban J connectivity index is 1.39. The molecule has 2 N–H and O–H groups in total. The molecule has 0 spiro atoms. The fourth-order valence-electron chi connectivity index (χ4n) is 2.50. The van der Waals surface area contributed by atoms with Crippen LogP contribution < -0.4 is 24.8 Å². The zero-order valence-corrected chi connectivity index (χ0v) is 16.6. The van der Waals surface area contributed by atoms with Gasteiger partial charge in [-0.15, -0.1) is 8.78 Å². The number of alkyl halides is 2. The molecule has 31 heavy (non-hydrogen) atoms. The van der Waals surface area contributed by atoms with Crippen molar-refractivity contribution in [3.8, 4) is 17.2 Å². The molecule has 2 amide bonds. The minimum Gasteiger partial charge on any atom is -0.484 e. The maximum absolute atomic E-state index is 13.3. The molecule has 7 nitrogen and oxygen atoms in total. The molecule has 1 heterocycles. The summed E-state index contributed by atoms with van der Waals surface area (Å²) in [6.07, 6.45) is -3.57. The van der Waals surface area contributed by atoms with E-state index in [4.69, 9.17) is 16.3 Å². The van der Waals surface area contributed by atoms with E-state index in [1.54, 1.807) is 0 Å². The van der Waals surface area contributed by atoms with Gasteiger partial charge in [-0.25, -0.2) is 4.39 Å². The largest absolute Gasteiger partial charge is 0.586 e. The van der Waals surface area contributed by atoms with Crippen molar-refractivity contribution in [3.63, 3.8) is 0 Å². The van der Waals surface area contributed by atoms with E-state index in [0.29, 0.717) is 0 Å². The van der Waals surface area contributed by atoms with Crippen LogP contribution in [0.5, 0.6) is 17.2 Å². The molecule has 2 aromatic rings. The monoisotopic (exact) mass is 456 g/mol. The van der Waals surface area contributed by atoms with Crippen LogP contribution >= 0.6 is 11.6 Å². The molecule has 0 atom stereocenters. The van der Waals surface area contributed by atoms with Gasteiger partial charge in [-0.3, -0.25) is 9.59 Å². The van der Waals surface area contributed by atoms with Crippen molar-refractivity contribution in [2.45, 2.75) is 12.7 Å². The first-order valence-electron chi connectivity index (χ1n) is 8.86. The zero-order chi connectivity index (χ0) is 22.6. The highest BCUT2D eigenvalue weighted by molar-refractivity contribution is 6.30. The van der Waals surface area contributed by atoms with E-state index in [-0.39, 0.29) is 53.1 Å². The first-order valence-corrected chi connectivity index (χ1v) is 9.24. The Bertz CT molecular complexity index is 1030. The van der Waals surface area contributed by atoms with Crippen molar-refractivity contribution in [2.75, 3.05) is 13.2 Å². The maximum Gasteiger partial charge on any atom is 0.586 e. The van der Waals surface area contributed by atoms with E-state index in [1.807, 2.05) is 0 Å². The minimum absolute atomic E-state index is 0.0592. The molecule has 0 unspecified atom stereocenters. The molecule has 1 aliphatic heterocycles. The molecule has 3 rings (SSSR count). The Kier molecular flexibility index (Phi) is 6.59. The van der Waals surface area contributed by atoms with Crippen LogP contribution in [0.2, 0.25) is 5.02 Å². The number of fused-ring (bicyclic) bond motifs is 1. The number of carbonyl (C=O) groups excluding carboxylic acids is 2. The Hall–Kier alpha value is -3.40.